The van der Waals surface area contributed by atoms with Crippen molar-refractivity contribution >= 4 is 39.0 Å². The van der Waals surface area contributed by atoms with E-state index in [0.717, 1.165) is 50.6 Å². The number of hydrogen-bond donors (Lipinski definition) is 1. The molecule has 3 aliphatic rings. The summed E-state index contributed by atoms with van der Waals surface area (Å²) in [7, 11) is -1.80. The predicted octanol–water partition coefficient (Wildman–Crippen LogP) is 6.64. The summed E-state index contributed by atoms with van der Waals surface area (Å²) in [5.41, 5.74) is 3.49. The Bertz CT molecular complexity index is 1750. The quantitative estimate of drug-likeness (QED) is 0.306. The van der Waals surface area contributed by atoms with Crippen molar-refractivity contribution in [1.29, 1.82) is 0 Å². The topological polar surface area (TPSA) is 123 Å². The Labute approximate surface area is 281 Å². The van der Waals surface area contributed by atoms with Crippen molar-refractivity contribution < 1.29 is 27.8 Å². The van der Waals surface area contributed by atoms with Crippen LogP contribution in [0.4, 0.5) is 5.69 Å². The molecule has 1 aromatic heterocycles. The minimum atomic E-state index is -3.54. The molecule has 47 heavy (non-hydrogen) atoms. The summed E-state index contributed by atoms with van der Waals surface area (Å²) in [5, 5.41) is 4.28. The van der Waals surface area contributed by atoms with Gasteiger partial charge in [0.05, 0.1) is 35.9 Å². The minimum Gasteiger partial charge on any atom is -0.491 e. The number of methoxy groups -OCH3 is 1. The van der Waals surface area contributed by atoms with Crippen LogP contribution in [0.2, 0.25) is 5.02 Å². The van der Waals surface area contributed by atoms with E-state index in [1.165, 1.54) is 17.3 Å². The van der Waals surface area contributed by atoms with E-state index >= 15 is 0 Å². The number of fused-ring (bicyclic) bond motifs is 3. The number of rotatable bonds is 3. The average molecular weight is 681 g/mol. The lowest BCUT2D eigenvalue weighted by Crippen LogP contribution is -2.43. The van der Waals surface area contributed by atoms with Gasteiger partial charge in [-0.05, 0) is 97.7 Å². The molecule has 12 heteroatoms. The maximum Gasteiger partial charge on any atom is 0.286 e. The van der Waals surface area contributed by atoms with Crippen LogP contribution in [0, 0.1) is 17.8 Å². The standard InChI is InChI=1S/C35H41ClN4O6S/c1-23-6-5-8-32(44-2)30-13-10-27(30)20-40-19-26-9-12-29(36)16-24(26)7-3-4-15-45-33-14-11-25(17-31(33)40)34(41)38-47(43,22-23)39-35(42)28-18-37-46-21-28/h5,8-9,11-12,14,16-18,21,23,27,30,32H,3-4,6-7,10,13,15,19-20,22H2,1-2H3,(H,38,39,41,42,43)/b8-5+/t23-,27-,30+,32-,47?/m0/s1. The number of allylic oxidation sites excluding steroid dienone is 1. The van der Waals surface area contributed by atoms with Crippen molar-refractivity contribution in [3.05, 3.63) is 88.3 Å². The van der Waals surface area contributed by atoms with E-state index in [4.69, 9.17) is 25.6 Å². The van der Waals surface area contributed by atoms with Gasteiger partial charge >= 0.3 is 0 Å². The number of amides is 2. The molecule has 1 saturated carbocycles. The van der Waals surface area contributed by atoms with Gasteiger partial charge in [-0.25, -0.2) is 4.21 Å². The van der Waals surface area contributed by atoms with E-state index in [-0.39, 0.29) is 28.9 Å². The minimum absolute atomic E-state index is 0.0245. The molecule has 10 nitrogen and oxygen atoms in total. The second kappa shape index (κ2) is 14.6. The Morgan fingerprint density at radius 1 is 1.15 bits per heavy atom. The Morgan fingerprint density at radius 3 is 2.79 bits per heavy atom. The highest BCUT2D eigenvalue weighted by molar-refractivity contribution is 7.92. The van der Waals surface area contributed by atoms with Crippen LogP contribution in [0.1, 0.15) is 70.9 Å². The summed E-state index contributed by atoms with van der Waals surface area (Å²) in [4.78, 5) is 29.1. The lowest BCUT2D eigenvalue weighted by Gasteiger charge is -2.43. The first kappa shape index (κ1) is 33.2. The number of aromatic nitrogens is 1. The number of carbonyl (C=O) groups excluding carboxylic acids is 2. The van der Waals surface area contributed by atoms with Gasteiger partial charge in [-0.3, -0.25) is 14.3 Å². The first-order valence-electron chi connectivity index (χ1n) is 16.2. The van der Waals surface area contributed by atoms with E-state index in [1.807, 2.05) is 19.1 Å². The summed E-state index contributed by atoms with van der Waals surface area (Å²) in [6, 6.07) is 11.3. The van der Waals surface area contributed by atoms with Gasteiger partial charge in [0.2, 0.25) is 0 Å². The molecule has 0 radical (unpaired) electrons. The van der Waals surface area contributed by atoms with Crippen LogP contribution in [-0.4, -0.2) is 53.3 Å². The smallest absolute Gasteiger partial charge is 0.286 e. The highest BCUT2D eigenvalue weighted by Gasteiger charge is 2.38. The van der Waals surface area contributed by atoms with Gasteiger partial charge in [0.25, 0.3) is 11.8 Å². The van der Waals surface area contributed by atoms with E-state index in [1.54, 1.807) is 25.3 Å². The van der Waals surface area contributed by atoms with Crippen LogP contribution in [-0.2, 0) is 27.6 Å². The molecule has 2 amide bonds. The van der Waals surface area contributed by atoms with Crippen molar-refractivity contribution in [2.24, 2.45) is 22.1 Å². The molecule has 2 aromatic carbocycles. The molecule has 2 aliphatic heterocycles. The molecule has 3 aromatic rings. The largest absolute Gasteiger partial charge is 0.491 e. The first-order chi connectivity index (χ1) is 22.7. The highest BCUT2D eigenvalue weighted by atomic mass is 35.5. The zero-order chi connectivity index (χ0) is 33.0. The summed E-state index contributed by atoms with van der Waals surface area (Å²) < 4.78 is 38.1. The Balaban J connectivity index is 1.46. The van der Waals surface area contributed by atoms with Crippen LogP contribution < -0.4 is 14.4 Å². The maximum atomic E-state index is 14.3. The number of nitrogens with zero attached hydrogens (tertiary/aromatic N) is 3. The van der Waals surface area contributed by atoms with Gasteiger partial charge in [-0.2, -0.15) is 0 Å². The number of carbonyl (C=O) groups is 2. The monoisotopic (exact) mass is 680 g/mol. The molecule has 1 N–H and O–H groups in total. The molecule has 0 saturated heterocycles. The lowest BCUT2D eigenvalue weighted by molar-refractivity contribution is 0.0133. The van der Waals surface area contributed by atoms with Crippen molar-refractivity contribution in [1.82, 2.24) is 9.88 Å². The third kappa shape index (κ3) is 7.90. The number of anilines is 1. The molecular weight excluding hydrogens is 640 g/mol. The zero-order valence-electron chi connectivity index (χ0n) is 26.7. The van der Waals surface area contributed by atoms with Gasteiger partial charge in [0, 0.05) is 30.8 Å². The van der Waals surface area contributed by atoms with Crippen LogP contribution in [0.5, 0.6) is 5.75 Å². The van der Waals surface area contributed by atoms with Crippen molar-refractivity contribution in [3.63, 3.8) is 0 Å². The van der Waals surface area contributed by atoms with Gasteiger partial charge in [-0.1, -0.05) is 41.9 Å². The van der Waals surface area contributed by atoms with Gasteiger partial charge in [0.15, 0.2) is 0 Å². The summed E-state index contributed by atoms with van der Waals surface area (Å²) in [6.07, 6.45) is 11.8. The average Bonchev–Trinajstić information content (AvgIpc) is 3.57. The number of hydrogen-bond acceptors (Lipinski definition) is 8. The van der Waals surface area contributed by atoms with Crippen LogP contribution >= 0.6 is 11.6 Å². The summed E-state index contributed by atoms with van der Waals surface area (Å²) in [5.74, 6) is -0.193. The summed E-state index contributed by atoms with van der Waals surface area (Å²) in [6.45, 7) is 3.77. The normalized spacial score (nSPS) is 27.5. The molecular formula is C35H41ClN4O6S. The zero-order valence-corrected chi connectivity index (χ0v) is 28.3. The van der Waals surface area contributed by atoms with E-state index < -0.39 is 21.7 Å². The highest BCUT2D eigenvalue weighted by Crippen LogP contribution is 2.42. The van der Waals surface area contributed by atoms with Crippen LogP contribution in [0.25, 0.3) is 0 Å². The molecule has 250 valence electrons. The molecule has 1 unspecified atom stereocenters. The lowest BCUT2D eigenvalue weighted by atomic mass is 9.70. The fraction of sp³-hybridized carbons (Fsp3) is 0.457. The molecule has 1 aliphatic carbocycles. The van der Waals surface area contributed by atoms with Gasteiger partial charge in [0.1, 0.15) is 21.9 Å². The molecule has 3 heterocycles. The number of aryl methyl sites for hydroxylation is 1. The molecule has 6 rings (SSSR count). The van der Waals surface area contributed by atoms with Crippen LogP contribution in [0.3, 0.4) is 0 Å². The van der Waals surface area contributed by atoms with E-state index in [2.05, 4.69) is 37.4 Å². The number of halogens is 1. The molecule has 2 bridgehead atoms. The number of benzene rings is 2. The third-order valence-electron chi connectivity index (χ3n) is 9.35. The second-order valence-corrected chi connectivity index (χ2v) is 15.2. The van der Waals surface area contributed by atoms with Gasteiger partial charge in [-0.15, -0.1) is 4.36 Å². The van der Waals surface area contributed by atoms with Gasteiger partial charge < -0.3 is 18.9 Å². The Hall–Kier alpha value is -3.67. The predicted molar refractivity (Wildman–Crippen MR) is 181 cm³/mol. The van der Waals surface area contributed by atoms with Crippen LogP contribution in [0.15, 0.2) is 69.9 Å². The molecule has 0 spiro atoms. The molecule has 1 fully saturated rings. The van der Waals surface area contributed by atoms with Crippen molar-refractivity contribution in [2.45, 2.75) is 58.1 Å². The van der Waals surface area contributed by atoms with E-state index in [9.17, 15) is 13.8 Å². The Morgan fingerprint density at radius 2 is 2.02 bits per heavy atom. The van der Waals surface area contributed by atoms with E-state index in [0.29, 0.717) is 42.2 Å². The van der Waals surface area contributed by atoms with Crippen molar-refractivity contribution in [2.75, 3.05) is 30.9 Å². The summed E-state index contributed by atoms with van der Waals surface area (Å²) >= 11 is 6.44. The second-order valence-electron chi connectivity index (χ2n) is 12.8. The fourth-order valence-electron chi connectivity index (χ4n) is 6.70. The molecule has 5 atom stereocenters. The maximum absolute atomic E-state index is 14.3. The number of ether oxygens (including phenoxy) is 2. The van der Waals surface area contributed by atoms with Crippen molar-refractivity contribution in [3.8, 4) is 5.75 Å². The Kier molecular flexibility index (Phi) is 10.3. The third-order valence-corrected chi connectivity index (χ3v) is 11.6. The SMILES string of the molecule is CO[C@H]1/C=C/C[C@H](C)CS(=O)(NC(=O)c2cnoc2)=NC(=O)c2ccc3c(c2)N(Cc2ccc(Cl)cc2CCCCO3)C[C@@H]2CC[C@H]21. The number of nitrogens with one attached hydrogen (secondary N) is 1. The first-order valence-corrected chi connectivity index (χ1v) is 18.3. The fourth-order valence-corrected chi connectivity index (χ4v) is 8.78.